The van der Waals surface area contributed by atoms with Crippen molar-refractivity contribution in [2.45, 2.75) is 32.1 Å². The maximum Gasteiger partial charge on any atom is 0.222 e. The molecule has 0 unspecified atom stereocenters. The molecule has 2 N–H and O–H groups in total. The molecule has 134 valence electrons. The van der Waals surface area contributed by atoms with Crippen molar-refractivity contribution in [1.29, 1.82) is 0 Å². The molecule has 1 heterocycles. The number of anilines is 1. The maximum atomic E-state index is 12.4. The Hall–Kier alpha value is -2.37. The second-order valence-corrected chi connectivity index (χ2v) is 6.84. The molecular formula is C19H25N3O3. The molecule has 1 aromatic carbocycles. The van der Waals surface area contributed by atoms with Crippen LogP contribution in [0.5, 0.6) is 0 Å². The number of nitrogens with zero attached hydrogens (tertiary/aromatic N) is 2. The van der Waals surface area contributed by atoms with Crippen molar-refractivity contribution in [3.63, 3.8) is 0 Å². The van der Waals surface area contributed by atoms with E-state index in [9.17, 15) is 14.4 Å². The van der Waals surface area contributed by atoms with Crippen molar-refractivity contribution in [3.05, 3.63) is 29.8 Å². The lowest BCUT2D eigenvalue weighted by Gasteiger charge is -2.37. The van der Waals surface area contributed by atoms with E-state index in [1.165, 1.54) is 0 Å². The summed E-state index contributed by atoms with van der Waals surface area (Å²) >= 11 is 0. The van der Waals surface area contributed by atoms with Gasteiger partial charge in [-0.3, -0.25) is 14.4 Å². The van der Waals surface area contributed by atoms with Crippen molar-refractivity contribution in [2.24, 2.45) is 11.7 Å². The third kappa shape index (κ3) is 3.52. The third-order valence-corrected chi connectivity index (χ3v) is 5.35. The summed E-state index contributed by atoms with van der Waals surface area (Å²) in [6.07, 6.45) is 1.27. The molecule has 0 bridgehead atoms. The quantitative estimate of drug-likeness (QED) is 0.893. The second-order valence-electron chi connectivity index (χ2n) is 6.84. The lowest BCUT2D eigenvalue weighted by molar-refractivity contribution is -0.131. The number of benzene rings is 1. The Morgan fingerprint density at radius 3 is 2.44 bits per heavy atom. The molecule has 1 aromatic rings. The van der Waals surface area contributed by atoms with E-state index in [-0.39, 0.29) is 35.9 Å². The zero-order chi connectivity index (χ0) is 18.0. The standard InChI is InChI=1S/C19H25N3O3/c1-2-18(24)22-9-7-21(8-10-22)16-6-4-3-5-14(16)15-11-13(19(20)25)12-17(15)23/h3-6,13,15H,2,7-12H2,1H3,(H2,20,25)/t13-,15-/m1/s1. The fourth-order valence-corrected chi connectivity index (χ4v) is 3.89. The summed E-state index contributed by atoms with van der Waals surface area (Å²) in [6.45, 7) is 4.78. The second kappa shape index (κ2) is 7.25. The van der Waals surface area contributed by atoms with Gasteiger partial charge >= 0.3 is 0 Å². The van der Waals surface area contributed by atoms with Crippen LogP contribution in [0.25, 0.3) is 0 Å². The summed E-state index contributed by atoms with van der Waals surface area (Å²) in [4.78, 5) is 39.9. The summed E-state index contributed by atoms with van der Waals surface area (Å²) in [7, 11) is 0. The van der Waals surface area contributed by atoms with Crippen LogP contribution in [0.2, 0.25) is 0 Å². The van der Waals surface area contributed by atoms with Gasteiger partial charge in [-0.1, -0.05) is 25.1 Å². The van der Waals surface area contributed by atoms with Crippen LogP contribution >= 0.6 is 0 Å². The number of carbonyl (C=O) groups excluding carboxylic acids is 3. The highest BCUT2D eigenvalue weighted by atomic mass is 16.2. The Balaban J connectivity index is 1.77. The van der Waals surface area contributed by atoms with Crippen molar-refractivity contribution in [2.75, 3.05) is 31.1 Å². The van der Waals surface area contributed by atoms with Gasteiger partial charge in [-0.05, 0) is 18.1 Å². The van der Waals surface area contributed by atoms with E-state index in [2.05, 4.69) is 4.90 Å². The molecule has 1 saturated heterocycles. The normalized spacial score (nSPS) is 23.8. The number of amides is 2. The molecule has 0 aromatic heterocycles. The van der Waals surface area contributed by atoms with Gasteiger partial charge in [0.1, 0.15) is 5.78 Å². The Labute approximate surface area is 148 Å². The number of primary amides is 1. The average Bonchev–Trinajstić information content (AvgIpc) is 3.03. The Morgan fingerprint density at radius 2 is 1.84 bits per heavy atom. The molecule has 0 spiro atoms. The number of hydrogen-bond donors (Lipinski definition) is 1. The topological polar surface area (TPSA) is 83.7 Å². The van der Waals surface area contributed by atoms with Gasteiger partial charge in [0.15, 0.2) is 0 Å². The van der Waals surface area contributed by atoms with Crippen LogP contribution in [0.4, 0.5) is 5.69 Å². The predicted molar refractivity (Wildman–Crippen MR) is 95.2 cm³/mol. The highest BCUT2D eigenvalue weighted by Gasteiger charge is 2.38. The number of carbonyl (C=O) groups is 3. The van der Waals surface area contributed by atoms with E-state index >= 15 is 0 Å². The molecule has 3 rings (SSSR count). The van der Waals surface area contributed by atoms with Gasteiger partial charge < -0.3 is 15.5 Å². The number of rotatable bonds is 4. The molecular weight excluding hydrogens is 318 g/mol. The molecule has 2 atom stereocenters. The van der Waals surface area contributed by atoms with Crippen LogP contribution in [0.1, 0.15) is 37.7 Å². The van der Waals surface area contributed by atoms with Gasteiger partial charge in [0.25, 0.3) is 0 Å². The molecule has 1 saturated carbocycles. The van der Waals surface area contributed by atoms with Crippen molar-refractivity contribution in [1.82, 2.24) is 4.90 Å². The van der Waals surface area contributed by atoms with Crippen LogP contribution in [0.3, 0.4) is 0 Å². The molecule has 2 fully saturated rings. The SMILES string of the molecule is CCC(=O)N1CCN(c2ccccc2[C@H]2C[C@@H](C(N)=O)CC2=O)CC1. The number of nitrogens with two attached hydrogens (primary N) is 1. The molecule has 1 aliphatic carbocycles. The monoisotopic (exact) mass is 343 g/mol. The van der Waals surface area contributed by atoms with Gasteiger partial charge in [-0.15, -0.1) is 0 Å². The van der Waals surface area contributed by atoms with Crippen LogP contribution in [-0.4, -0.2) is 48.7 Å². The Bertz CT molecular complexity index is 680. The summed E-state index contributed by atoms with van der Waals surface area (Å²) < 4.78 is 0. The minimum atomic E-state index is -0.389. The zero-order valence-corrected chi connectivity index (χ0v) is 14.6. The first-order valence-electron chi connectivity index (χ1n) is 8.95. The zero-order valence-electron chi connectivity index (χ0n) is 14.6. The fraction of sp³-hybridized carbons (Fsp3) is 0.526. The van der Waals surface area contributed by atoms with Crippen LogP contribution in [0.15, 0.2) is 24.3 Å². The fourth-order valence-electron chi connectivity index (χ4n) is 3.89. The van der Waals surface area contributed by atoms with E-state index in [1.54, 1.807) is 0 Å². The third-order valence-electron chi connectivity index (χ3n) is 5.35. The van der Waals surface area contributed by atoms with Gasteiger partial charge in [0.2, 0.25) is 11.8 Å². The highest BCUT2D eigenvalue weighted by Crippen LogP contribution is 2.39. The first-order valence-corrected chi connectivity index (χ1v) is 8.95. The first kappa shape index (κ1) is 17.5. The smallest absolute Gasteiger partial charge is 0.222 e. The minimum absolute atomic E-state index is 0.0936. The Morgan fingerprint density at radius 1 is 1.16 bits per heavy atom. The van der Waals surface area contributed by atoms with E-state index in [4.69, 9.17) is 5.73 Å². The number of hydrogen-bond acceptors (Lipinski definition) is 4. The first-order chi connectivity index (χ1) is 12.0. The van der Waals surface area contributed by atoms with Crippen molar-refractivity contribution < 1.29 is 14.4 Å². The summed E-state index contributed by atoms with van der Waals surface area (Å²) in [6, 6.07) is 7.90. The highest BCUT2D eigenvalue weighted by molar-refractivity contribution is 5.95. The van der Waals surface area contributed by atoms with E-state index in [0.717, 1.165) is 24.3 Å². The molecule has 6 heteroatoms. The predicted octanol–water partition coefficient (Wildman–Crippen LogP) is 1.29. The largest absolute Gasteiger partial charge is 0.369 e. The van der Waals surface area contributed by atoms with Crippen LogP contribution in [-0.2, 0) is 14.4 Å². The molecule has 25 heavy (non-hydrogen) atoms. The van der Waals surface area contributed by atoms with Crippen LogP contribution < -0.4 is 10.6 Å². The van der Waals surface area contributed by atoms with Crippen LogP contribution in [0, 0.1) is 5.92 Å². The summed E-state index contributed by atoms with van der Waals surface area (Å²) in [5.74, 6) is -0.729. The van der Waals surface area contributed by atoms with E-state index in [0.29, 0.717) is 25.9 Å². The van der Waals surface area contributed by atoms with Crippen molar-refractivity contribution >= 4 is 23.3 Å². The van der Waals surface area contributed by atoms with Gasteiger partial charge in [-0.25, -0.2) is 0 Å². The summed E-state index contributed by atoms with van der Waals surface area (Å²) in [5, 5.41) is 0. The Kier molecular flexibility index (Phi) is 5.06. The van der Waals surface area contributed by atoms with Gasteiger partial charge in [0, 0.05) is 56.5 Å². The maximum absolute atomic E-state index is 12.4. The number of para-hydroxylation sites is 1. The molecule has 6 nitrogen and oxygen atoms in total. The van der Waals surface area contributed by atoms with E-state index < -0.39 is 0 Å². The average molecular weight is 343 g/mol. The van der Waals surface area contributed by atoms with E-state index in [1.807, 2.05) is 36.1 Å². The lowest BCUT2D eigenvalue weighted by atomic mass is 9.93. The minimum Gasteiger partial charge on any atom is -0.369 e. The van der Waals surface area contributed by atoms with Crippen molar-refractivity contribution in [3.8, 4) is 0 Å². The molecule has 2 aliphatic rings. The molecule has 2 amide bonds. The molecule has 1 aliphatic heterocycles. The number of Topliss-reactive ketones (excluding diaryl/α,β-unsaturated/α-hetero) is 1. The lowest BCUT2D eigenvalue weighted by Crippen LogP contribution is -2.49. The van der Waals surface area contributed by atoms with Gasteiger partial charge in [0.05, 0.1) is 0 Å². The summed E-state index contributed by atoms with van der Waals surface area (Å²) in [5.41, 5.74) is 7.41. The number of piperazine rings is 1. The number of ketones is 1. The van der Waals surface area contributed by atoms with Gasteiger partial charge in [-0.2, -0.15) is 0 Å². The molecule has 0 radical (unpaired) electrons.